The van der Waals surface area contributed by atoms with Crippen molar-refractivity contribution < 1.29 is 14.6 Å². The molecule has 0 bridgehead atoms. The fourth-order valence-corrected chi connectivity index (χ4v) is 2.49. The lowest BCUT2D eigenvalue weighted by Crippen LogP contribution is -2.71. The van der Waals surface area contributed by atoms with Crippen molar-refractivity contribution in [1.82, 2.24) is 4.90 Å². The quantitative estimate of drug-likeness (QED) is 0.477. The Morgan fingerprint density at radius 1 is 1.50 bits per heavy atom. The Hall–Kier alpha value is -2.29. The number of rotatable bonds is 7. The van der Waals surface area contributed by atoms with Crippen molar-refractivity contribution >= 4 is 5.91 Å². The van der Waals surface area contributed by atoms with Gasteiger partial charge in [-0.25, -0.2) is 0 Å². The first-order valence-electron chi connectivity index (χ1n) is 7.27. The van der Waals surface area contributed by atoms with Crippen molar-refractivity contribution in [3.05, 3.63) is 60.9 Å². The number of aliphatic hydroxyl groups excluding tert-OH is 1. The molecule has 0 radical (unpaired) electrons. The lowest BCUT2D eigenvalue weighted by molar-refractivity contribution is -0.170. The third kappa shape index (κ3) is 3.14. The van der Waals surface area contributed by atoms with E-state index in [1.807, 2.05) is 18.2 Å². The molecule has 0 saturated carbocycles. The van der Waals surface area contributed by atoms with E-state index >= 15 is 0 Å². The Labute approximate surface area is 131 Å². The summed E-state index contributed by atoms with van der Waals surface area (Å²) >= 11 is 0. The summed E-state index contributed by atoms with van der Waals surface area (Å²) in [6.07, 6.45) is 0.890. The van der Waals surface area contributed by atoms with Crippen LogP contribution in [0.4, 0.5) is 0 Å². The molecular weight excluding hydrogens is 278 g/mol. The lowest BCUT2D eigenvalue weighted by Gasteiger charge is -2.48. The van der Waals surface area contributed by atoms with Gasteiger partial charge in [-0.1, -0.05) is 30.9 Å². The minimum atomic E-state index is -0.839. The van der Waals surface area contributed by atoms with Crippen LogP contribution < -0.4 is 4.74 Å². The van der Waals surface area contributed by atoms with Crippen molar-refractivity contribution in [2.24, 2.45) is 0 Å². The van der Waals surface area contributed by atoms with E-state index in [0.29, 0.717) is 24.3 Å². The third-order valence-electron chi connectivity index (χ3n) is 3.82. The average Bonchev–Trinajstić information content (AvgIpc) is 2.56. The van der Waals surface area contributed by atoms with Gasteiger partial charge < -0.3 is 14.7 Å². The van der Waals surface area contributed by atoms with Crippen LogP contribution in [0.25, 0.3) is 0 Å². The highest BCUT2D eigenvalue weighted by Gasteiger charge is 2.52. The van der Waals surface area contributed by atoms with E-state index in [1.54, 1.807) is 30.0 Å². The number of ether oxygens (including phenoxy) is 1. The fraction of sp³-hybridized carbons (Fsp3) is 0.333. The standard InChI is InChI=1S/C18H21NO3/c1-4-6-12-19-15(16(20)13(3)5-2)17(18(19)21)22-14-10-8-7-9-11-14/h4,7-11,15-17,20H,1-2,6,12H2,3H3/t15-,16+,17+/m0/s1. The van der Waals surface area contributed by atoms with Crippen molar-refractivity contribution in [3.63, 3.8) is 0 Å². The number of nitrogens with zero attached hydrogens (tertiary/aromatic N) is 1. The van der Waals surface area contributed by atoms with E-state index in [9.17, 15) is 9.90 Å². The second kappa shape index (κ2) is 7.12. The van der Waals surface area contributed by atoms with Gasteiger partial charge in [0.05, 0.1) is 0 Å². The third-order valence-corrected chi connectivity index (χ3v) is 3.82. The van der Waals surface area contributed by atoms with Crippen LogP contribution in [0.15, 0.2) is 60.9 Å². The minimum Gasteiger partial charge on any atom is -0.478 e. The predicted octanol–water partition coefficient (Wildman–Crippen LogP) is 2.31. The molecule has 1 N–H and O–H groups in total. The van der Waals surface area contributed by atoms with Gasteiger partial charge in [0.15, 0.2) is 6.10 Å². The van der Waals surface area contributed by atoms with Gasteiger partial charge in [0.25, 0.3) is 5.91 Å². The molecule has 22 heavy (non-hydrogen) atoms. The second-order valence-corrected chi connectivity index (χ2v) is 5.26. The number of β-lactam (4-membered cyclic amide) rings is 1. The molecule has 0 aliphatic carbocycles. The molecule has 1 aliphatic heterocycles. The van der Waals surface area contributed by atoms with Gasteiger partial charge >= 0.3 is 0 Å². The first-order chi connectivity index (χ1) is 10.6. The molecular formula is C18H21NO3. The average molecular weight is 299 g/mol. The molecule has 4 heteroatoms. The van der Waals surface area contributed by atoms with Gasteiger partial charge in [0.1, 0.15) is 17.9 Å². The summed E-state index contributed by atoms with van der Waals surface area (Å²) < 4.78 is 5.76. The van der Waals surface area contributed by atoms with Crippen molar-refractivity contribution in [1.29, 1.82) is 0 Å². The highest BCUT2D eigenvalue weighted by atomic mass is 16.5. The van der Waals surface area contributed by atoms with Crippen LogP contribution in [0.3, 0.4) is 0 Å². The van der Waals surface area contributed by atoms with Gasteiger partial charge in [-0.2, -0.15) is 0 Å². The van der Waals surface area contributed by atoms with Crippen LogP contribution in [0.2, 0.25) is 0 Å². The molecule has 2 rings (SSSR count). The first-order valence-corrected chi connectivity index (χ1v) is 7.27. The molecule has 3 atom stereocenters. The van der Waals surface area contributed by atoms with Crippen LogP contribution in [-0.2, 0) is 4.79 Å². The molecule has 1 saturated heterocycles. The number of benzene rings is 1. The lowest BCUT2D eigenvalue weighted by atomic mass is 9.88. The number of likely N-dealkylation sites (tertiary alicyclic amines) is 1. The summed E-state index contributed by atoms with van der Waals surface area (Å²) in [5, 5.41) is 10.4. The number of carbonyl (C=O) groups is 1. The molecule has 1 aromatic rings. The Morgan fingerprint density at radius 3 is 2.77 bits per heavy atom. The van der Waals surface area contributed by atoms with Gasteiger partial charge in [0.2, 0.25) is 0 Å². The van der Waals surface area contributed by atoms with E-state index in [1.165, 1.54) is 0 Å². The molecule has 1 heterocycles. The van der Waals surface area contributed by atoms with Crippen LogP contribution in [0.5, 0.6) is 5.75 Å². The molecule has 1 fully saturated rings. The number of amides is 1. The van der Waals surface area contributed by atoms with Crippen molar-refractivity contribution in [3.8, 4) is 5.75 Å². The first kappa shape index (κ1) is 16.1. The molecule has 4 nitrogen and oxygen atoms in total. The van der Waals surface area contributed by atoms with Crippen LogP contribution >= 0.6 is 0 Å². The minimum absolute atomic E-state index is 0.119. The fourth-order valence-electron chi connectivity index (χ4n) is 2.49. The molecule has 0 aromatic heterocycles. The molecule has 1 aromatic carbocycles. The van der Waals surface area contributed by atoms with Crippen LogP contribution in [0.1, 0.15) is 13.3 Å². The SMILES string of the molecule is C=C=C(C)[C@@H](O)[C@H]1[C@@H](Oc2ccccc2)C(=O)N1CCC=C. The zero-order valence-electron chi connectivity index (χ0n) is 12.7. The Bertz CT molecular complexity index is 590. The van der Waals surface area contributed by atoms with E-state index in [0.717, 1.165) is 0 Å². The highest BCUT2D eigenvalue weighted by molar-refractivity contribution is 5.89. The Balaban J connectivity index is 2.18. The maximum atomic E-state index is 12.3. The summed E-state index contributed by atoms with van der Waals surface area (Å²) in [6, 6.07) is 8.71. The highest BCUT2D eigenvalue weighted by Crippen LogP contribution is 2.30. The maximum absolute atomic E-state index is 12.3. The van der Waals surface area contributed by atoms with Gasteiger partial charge in [0, 0.05) is 6.54 Å². The summed E-state index contributed by atoms with van der Waals surface area (Å²) in [4.78, 5) is 13.9. The number of aliphatic hydroxyl groups is 1. The second-order valence-electron chi connectivity index (χ2n) is 5.26. The number of para-hydroxylation sites is 1. The van der Waals surface area contributed by atoms with E-state index < -0.39 is 18.2 Å². The van der Waals surface area contributed by atoms with Crippen LogP contribution in [-0.4, -0.2) is 40.7 Å². The van der Waals surface area contributed by atoms with Gasteiger partial charge in [-0.05, 0) is 31.1 Å². The smallest absolute Gasteiger partial charge is 0.266 e. The van der Waals surface area contributed by atoms with Crippen molar-refractivity contribution in [2.75, 3.05) is 6.54 Å². The summed E-state index contributed by atoms with van der Waals surface area (Å²) in [6.45, 7) is 9.48. The monoisotopic (exact) mass is 299 g/mol. The van der Waals surface area contributed by atoms with E-state index in [2.05, 4.69) is 18.9 Å². The normalized spacial score (nSPS) is 21.5. The summed E-state index contributed by atoms with van der Waals surface area (Å²) in [5.74, 6) is 0.494. The van der Waals surface area contributed by atoms with Gasteiger partial charge in [-0.3, -0.25) is 4.79 Å². The molecule has 0 spiro atoms. The molecule has 116 valence electrons. The largest absolute Gasteiger partial charge is 0.478 e. The maximum Gasteiger partial charge on any atom is 0.266 e. The zero-order valence-corrected chi connectivity index (χ0v) is 12.7. The Morgan fingerprint density at radius 2 is 2.18 bits per heavy atom. The Kier molecular flexibility index (Phi) is 5.21. The van der Waals surface area contributed by atoms with E-state index in [-0.39, 0.29) is 5.91 Å². The molecule has 1 aliphatic rings. The number of carbonyl (C=O) groups excluding carboxylic acids is 1. The summed E-state index contributed by atoms with van der Waals surface area (Å²) in [7, 11) is 0. The molecule has 1 amide bonds. The topological polar surface area (TPSA) is 49.8 Å². The zero-order chi connectivity index (χ0) is 16.1. The van der Waals surface area contributed by atoms with Gasteiger partial charge in [-0.15, -0.1) is 12.3 Å². The van der Waals surface area contributed by atoms with Crippen molar-refractivity contribution in [2.45, 2.75) is 31.6 Å². The molecule has 0 unspecified atom stereocenters. The predicted molar refractivity (Wildman–Crippen MR) is 85.5 cm³/mol. The van der Waals surface area contributed by atoms with E-state index in [4.69, 9.17) is 4.74 Å². The number of hydrogen-bond donors (Lipinski definition) is 1. The summed E-state index contributed by atoms with van der Waals surface area (Å²) in [5.41, 5.74) is 3.29. The van der Waals surface area contributed by atoms with Crippen LogP contribution in [0, 0.1) is 0 Å². The number of hydrogen-bond acceptors (Lipinski definition) is 3.